The summed E-state index contributed by atoms with van der Waals surface area (Å²) in [6.45, 7) is 2.31. The van der Waals surface area contributed by atoms with Gasteiger partial charge in [0.05, 0.1) is 6.10 Å². The molecule has 3 heteroatoms. The minimum absolute atomic E-state index is 0.0717. The first-order valence-corrected chi connectivity index (χ1v) is 5.59. The molecular formula is C11H22O3. The van der Waals surface area contributed by atoms with Crippen molar-refractivity contribution in [2.75, 3.05) is 26.9 Å². The molecule has 1 aliphatic rings. The fraction of sp³-hybridized carbons (Fsp3) is 1.00. The number of aliphatic hydroxyl groups is 1. The van der Waals surface area contributed by atoms with Gasteiger partial charge < -0.3 is 14.6 Å². The number of hydrogen-bond donors (Lipinski definition) is 1. The minimum Gasteiger partial charge on any atom is -0.393 e. The maximum atomic E-state index is 9.55. The molecule has 1 N–H and O–H groups in total. The van der Waals surface area contributed by atoms with Crippen molar-refractivity contribution in [3.8, 4) is 0 Å². The molecule has 1 rings (SSSR count). The van der Waals surface area contributed by atoms with Crippen LogP contribution in [0.1, 0.15) is 32.1 Å². The van der Waals surface area contributed by atoms with Crippen molar-refractivity contribution in [3.63, 3.8) is 0 Å². The maximum Gasteiger partial charge on any atom is 0.0569 e. The van der Waals surface area contributed by atoms with E-state index in [0.29, 0.717) is 5.92 Å². The lowest BCUT2D eigenvalue weighted by Gasteiger charge is -2.08. The largest absolute Gasteiger partial charge is 0.393 e. The number of aliphatic hydroxyl groups excluding tert-OH is 1. The highest BCUT2D eigenvalue weighted by Crippen LogP contribution is 2.34. The average molecular weight is 202 g/mol. The molecule has 0 aromatic carbocycles. The minimum atomic E-state index is -0.0717. The number of ether oxygens (including phenoxy) is 2. The van der Waals surface area contributed by atoms with Crippen LogP contribution < -0.4 is 0 Å². The molecule has 0 bridgehead atoms. The molecule has 1 aliphatic carbocycles. The zero-order chi connectivity index (χ0) is 10.2. The predicted octanol–water partition coefficient (Wildman–Crippen LogP) is 1.59. The molecule has 0 amide bonds. The summed E-state index contributed by atoms with van der Waals surface area (Å²) >= 11 is 0. The van der Waals surface area contributed by atoms with Crippen molar-refractivity contribution >= 4 is 0 Å². The Labute approximate surface area is 86.4 Å². The number of methoxy groups -OCH3 is 1. The first-order chi connectivity index (χ1) is 6.84. The van der Waals surface area contributed by atoms with Gasteiger partial charge in [-0.15, -0.1) is 0 Å². The molecule has 0 aromatic rings. The van der Waals surface area contributed by atoms with E-state index in [1.165, 1.54) is 12.8 Å². The second-order valence-corrected chi connectivity index (χ2v) is 4.01. The Kier molecular flexibility index (Phi) is 6.15. The van der Waals surface area contributed by atoms with E-state index in [-0.39, 0.29) is 6.10 Å². The Balaban J connectivity index is 1.75. The van der Waals surface area contributed by atoms with Crippen LogP contribution in [-0.4, -0.2) is 38.1 Å². The van der Waals surface area contributed by atoms with Gasteiger partial charge in [-0.05, 0) is 38.0 Å². The first kappa shape index (κ1) is 12.0. The van der Waals surface area contributed by atoms with Crippen LogP contribution in [0.3, 0.4) is 0 Å². The third kappa shape index (κ3) is 5.58. The van der Waals surface area contributed by atoms with E-state index >= 15 is 0 Å². The first-order valence-electron chi connectivity index (χ1n) is 5.59. The van der Waals surface area contributed by atoms with E-state index in [0.717, 1.165) is 39.1 Å². The van der Waals surface area contributed by atoms with Gasteiger partial charge in [-0.1, -0.05) is 0 Å². The van der Waals surface area contributed by atoms with E-state index in [2.05, 4.69) is 0 Å². The Morgan fingerprint density at radius 3 is 2.57 bits per heavy atom. The fourth-order valence-corrected chi connectivity index (χ4v) is 1.52. The number of rotatable bonds is 9. The van der Waals surface area contributed by atoms with Crippen LogP contribution in [0.25, 0.3) is 0 Å². The Bertz CT molecular complexity index is 134. The molecule has 3 nitrogen and oxygen atoms in total. The Hall–Kier alpha value is -0.120. The molecule has 0 radical (unpaired) electrons. The van der Waals surface area contributed by atoms with E-state index in [9.17, 15) is 5.11 Å². The molecular weight excluding hydrogens is 180 g/mol. The van der Waals surface area contributed by atoms with Gasteiger partial charge in [0.2, 0.25) is 0 Å². The van der Waals surface area contributed by atoms with Crippen LogP contribution in [0.5, 0.6) is 0 Å². The summed E-state index contributed by atoms with van der Waals surface area (Å²) in [7, 11) is 1.70. The summed E-state index contributed by atoms with van der Waals surface area (Å²) in [4.78, 5) is 0. The maximum absolute atomic E-state index is 9.55. The summed E-state index contributed by atoms with van der Waals surface area (Å²) < 4.78 is 10.3. The van der Waals surface area contributed by atoms with Crippen LogP contribution >= 0.6 is 0 Å². The summed E-state index contributed by atoms with van der Waals surface area (Å²) in [5, 5.41) is 9.55. The highest BCUT2D eigenvalue weighted by Gasteiger charge is 2.28. The average Bonchev–Trinajstić information content (AvgIpc) is 2.99. The zero-order valence-electron chi connectivity index (χ0n) is 9.08. The fourth-order valence-electron chi connectivity index (χ4n) is 1.52. The molecule has 0 aliphatic heterocycles. The van der Waals surface area contributed by atoms with Crippen molar-refractivity contribution < 1.29 is 14.6 Å². The van der Waals surface area contributed by atoms with E-state index in [1.807, 2.05) is 0 Å². The van der Waals surface area contributed by atoms with Crippen molar-refractivity contribution in [3.05, 3.63) is 0 Å². The van der Waals surface area contributed by atoms with Gasteiger partial charge in [-0.3, -0.25) is 0 Å². The number of hydrogen-bond acceptors (Lipinski definition) is 3. The van der Waals surface area contributed by atoms with Crippen LogP contribution in [0.15, 0.2) is 0 Å². The summed E-state index contributed by atoms with van der Waals surface area (Å²) in [6, 6.07) is 0. The standard InChI is InChI=1S/C11H22O3/c1-13-7-3-9-14-8-2-4-11(12)10-5-6-10/h10-12H,2-9H2,1H3. The van der Waals surface area contributed by atoms with Crippen molar-refractivity contribution in [1.82, 2.24) is 0 Å². The molecule has 0 heterocycles. The van der Waals surface area contributed by atoms with Gasteiger partial charge in [0.15, 0.2) is 0 Å². The molecule has 1 atom stereocenters. The second kappa shape index (κ2) is 7.21. The normalized spacial score (nSPS) is 18.4. The van der Waals surface area contributed by atoms with Crippen molar-refractivity contribution in [2.24, 2.45) is 5.92 Å². The zero-order valence-corrected chi connectivity index (χ0v) is 9.08. The Morgan fingerprint density at radius 1 is 1.21 bits per heavy atom. The molecule has 0 spiro atoms. The lowest BCUT2D eigenvalue weighted by molar-refractivity contribution is 0.0834. The van der Waals surface area contributed by atoms with Crippen LogP contribution in [0.2, 0.25) is 0 Å². The molecule has 0 aromatic heterocycles. The highest BCUT2D eigenvalue weighted by atomic mass is 16.5. The smallest absolute Gasteiger partial charge is 0.0569 e. The topological polar surface area (TPSA) is 38.7 Å². The van der Waals surface area contributed by atoms with Gasteiger partial charge in [0.1, 0.15) is 0 Å². The predicted molar refractivity (Wildman–Crippen MR) is 55.3 cm³/mol. The summed E-state index contributed by atoms with van der Waals surface area (Å²) in [5.41, 5.74) is 0. The lowest BCUT2D eigenvalue weighted by atomic mass is 10.1. The van der Waals surface area contributed by atoms with Gasteiger partial charge >= 0.3 is 0 Å². The third-order valence-corrected chi connectivity index (χ3v) is 2.59. The molecule has 1 unspecified atom stereocenters. The van der Waals surface area contributed by atoms with Crippen molar-refractivity contribution in [1.29, 1.82) is 0 Å². The van der Waals surface area contributed by atoms with Crippen LogP contribution in [0.4, 0.5) is 0 Å². The van der Waals surface area contributed by atoms with E-state index < -0.39 is 0 Å². The van der Waals surface area contributed by atoms with Crippen LogP contribution in [-0.2, 0) is 9.47 Å². The van der Waals surface area contributed by atoms with E-state index in [4.69, 9.17) is 9.47 Å². The summed E-state index contributed by atoms with van der Waals surface area (Å²) in [5.74, 6) is 0.600. The lowest BCUT2D eigenvalue weighted by Crippen LogP contribution is -2.10. The molecule has 1 saturated carbocycles. The molecule has 14 heavy (non-hydrogen) atoms. The monoisotopic (exact) mass is 202 g/mol. The van der Waals surface area contributed by atoms with Crippen molar-refractivity contribution in [2.45, 2.75) is 38.2 Å². The Morgan fingerprint density at radius 2 is 1.93 bits per heavy atom. The molecule has 1 fully saturated rings. The van der Waals surface area contributed by atoms with Gasteiger partial charge in [-0.2, -0.15) is 0 Å². The van der Waals surface area contributed by atoms with Crippen LogP contribution in [0, 0.1) is 5.92 Å². The SMILES string of the molecule is COCCCOCCCC(O)C1CC1. The van der Waals surface area contributed by atoms with Gasteiger partial charge in [0.25, 0.3) is 0 Å². The second-order valence-electron chi connectivity index (χ2n) is 4.01. The molecule has 84 valence electrons. The third-order valence-electron chi connectivity index (χ3n) is 2.59. The molecule has 0 saturated heterocycles. The highest BCUT2D eigenvalue weighted by molar-refractivity contribution is 4.80. The summed E-state index contributed by atoms with van der Waals surface area (Å²) in [6.07, 6.45) is 5.20. The van der Waals surface area contributed by atoms with E-state index in [1.54, 1.807) is 7.11 Å². The van der Waals surface area contributed by atoms with Gasteiger partial charge in [-0.25, -0.2) is 0 Å². The van der Waals surface area contributed by atoms with Gasteiger partial charge in [0, 0.05) is 26.9 Å². The quantitative estimate of drug-likeness (QED) is 0.577.